The number of quaternary nitrogens is 1. The van der Waals surface area contributed by atoms with Crippen molar-refractivity contribution < 1.29 is 62.2 Å². The number of anilines is 1. The lowest BCUT2D eigenvalue weighted by atomic mass is 10.0. The smallest absolute Gasteiger partial charge is 0.317 e. The van der Waals surface area contributed by atoms with Gasteiger partial charge in [-0.15, -0.1) is 0 Å². The number of phosphoric acid groups is 1. The van der Waals surface area contributed by atoms with Gasteiger partial charge in [-0.2, -0.15) is 0 Å². The van der Waals surface area contributed by atoms with Crippen LogP contribution in [0.2, 0.25) is 0 Å². The molecule has 1 aromatic rings. The molecule has 1 unspecified atom stereocenters. The molecule has 1 aliphatic rings. The van der Waals surface area contributed by atoms with E-state index in [2.05, 4.69) is 5.32 Å². The SMILES string of the molecule is C[N+](C)(C)COCOP(=O)([O-])OCCCCCCCCCCCCCCCCCCc1ccc(NC(=O)CN2CCN(CC(=O)O)CCN(CC(=O)O)CCN(CC(=O)O)CC2)cc1. The minimum Gasteiger partial charge on any atom is -0.756 e. The molecule has 4 N–H and O–H groups in total. The highest BCUT2D eigenvalue weighted by atomic mass is 31.2. The van der Waals surface area contributed by atoms with Gasteiger partial charge in [0.1, 0.15) is 0 Å². The Morgan fingerprint density at radius 1 is 0.578 bits per heavy atom. The van der Waals surface area contributed by atoms with Crippen LogP contribution in [0.1, 0.15) is 108 Å². The van der Waals surface area contributed by atoms with E-state index >= 15 is 0 Å². The van der Waals surface area contributed by atoms with Crippen molar-refractivity contribution in [2.75, 3.05) is 125 Å². The number of aliphatic carboxylic acids is 3. The van der Waals surface area contributed by atoms with Crippen LogP contribution in [0.25, 0.3) is 0 Å². The van der Waals surface area contributed by atoms with E-state index in [0.29, 0.717) is 75.7 Å². The maximum absolute atomic E-state index is 13.2. The highest BCUT2D eigenvalue weighted by molar-refractivity contribution is 7.45. The minimum absolute atomic E-state index is 0.0559. The van der Waals surface area contributed by atoms with E-state index in [1.807, 2.05) is 50.3 Å². The Kier molecular flexibility index (Phi) is 29.8. The molecule has 1 heterocycles. The zero-order valence-electron chi connectivity index (χ0n) is 39.1. The third-order valence-corrected chi connectivity index (χ3v) is 11.9. The van der Waals surface area contributed by atoms with E-state index in [0.717, 1.165) is 32.1 Å². The first-order valence-electron chi connectivity index (χ1n) is 23.4. The van der Waals surface area contributed by atoms with Crippen LogP contribution >= 0.6 is 7.82 Å². The number of aryl methyl sites for hydroxylation is 1. The number of ether oxygens (including phenoxy) is 1. The molecule has 0 aromatic heterocycles. The number of phosphoric ester groups is 1. The van der Waals surface area contributed by atoms with Gasteiger partial charge in [-0.1, -0.05) is 102 Å². The third kappa shape index (κ3) is 31.8. The van der Waals surface area contributed by atoms with Crippen molar-refractivity contribution in [3.63, 3.8) is 0 Å². The van der Waals surface area contributed by atoms with Crippen LogP contribution in [0.5, 0.6) is 0 Å². The molecular weight excluding hydrogens is 847 g/mol. The Bertz CT molecular complexity index is 1470. The first-order chi connectivity index (χ1) is 30.5. The fraction of sp³-hybridized carbons (Fsp3) is 0.778. The molecule has 2 rings (SSSR count). The molecule has 0 spiro atoms. The van der Waals surface area contributed by atoms with Crippen molar-refractivity contribution in [2.24, 2.45) is 0 Å². The van der Waals surface area contributed by atoms with Crippen molar-refractivity contribution in [1.82, 2.24) is 19.6 Å². The highest BCUT2D eigenvalue weighted by Crippen LogP contribution is 2.38. The number of nitrogens with one attached hydrogen (secondary N) is 1. The summed E-state index contributed by atoms with van der Waals surface area (Å²) >= 11 is 0. The topological polar surface area (TPSA) is 222 Å². The molecule has 1 amide bonds. The Morgan fingerprint density at radius 3 is 1.31 bits per heavy atom. The van der Waals surface area contributed by atoms with Gasteiger partial charge in [0.2, 0.25) is 5.91 Å². The molecule has 64 heavy (non-hydrogen) atoms. The second-order valence-corrected chi connectivity index (χ2v) is 19.5. The summed E-state index contributed by atoms with van der Waals surface area (Å²) in [6, 6.07) is 7.92. The van der Waals surface area contributed by atoms with Crippen molar-refractivity contribution >= 4 is 37.3 Å². The molecule has 19 heteroatoms. The molecule has 1 aliphatic heterocycles. The number of carbonyl (C=O) groups is 4. The Morgan fingerprint density at radius 2 is 0.938 bits per heavy atom. The molecule has 18 nitrogen and oxygen atoms in total. The summed E-state index contributed by atoms with van der Waals surface area (Å²) in [4.78, 5) is 66.6. The zero-order valence-corrected chi connectivity index (χ0v) is 40.0. The average molecular weight is 929 g/mol. The zero-order chi connectivity index (χ0) is 47.1. The van der Waals surface area contributed by atoms with E-state index in [1.165, 1.54) is 76.2 Å². The quantitative estimate of drug-likeness (QED) is 0.0308. The lowest BCUT2D eigenvalue weighted by molar-refractivity contribution is -0.891. The fourth-order valence-corrected chi connectivity index (χ4v) is 8.11. The van der Waals surface area contributed by atoms with Crippen LogP contribution in [0.15, 0.2) is 24.3 Å². The number of nitrogens with zero attached hydrogens (tertiary/aromatic N) is 5. The largest absolute Gasteiger partial charge is 0.756 e. The molecule has 1 aromatic carbocycles. The number of unbranched alkanes of at least 4 members (excludes halogenated alkanes) is 15. The number of carboxylic acids is 3. The Balaban J connectivity index is 1.54. The van der Waals surface area contributed by atoms with E-state index in [4.69, 9.17) is 13.8 Å². The first-order valence-corrected chi connectivity index (χ1v) is 24.9. The Hall–Kier alpha value is -3.03. The second-order valence-electron chi connectivity index (χ2n) is 18.1. The van der Waals surface area contributed by atoms with Crippen molar-refractivity contribution in [3.8, 4) is 0 Å². The minimum atomic E-state index is -4.31. The van der Waals surface area contributed by atoms with Gasteiger partial charge in [-0.05, 0) is 37.0 Å². The van der Waals surface area contributed by atoms with Gasteiger partial charge in [0, 0.05) is 58.0 Å². The summed E-state index contributed by atoms with van der Waals surface area (Å²) in [5.41, 5.74) is 1.92. The van der Waals surface area contributed by atoms with E-state index in [9.17, 15) is 44.0 Å². The number of hydrogen-bond acceptors (Lipinski definition) is 13. The molecule has 1 fully saturated rings. The standard InChI is InChI=1S/C45H81N6O12P/c1-51(2,3)38-61-39-63-64(59,60)62-33-19-17-15-13-11-9-7-5-4-6-8-10-12-14-16-18-20-40-21-23-41(24-22-40)46-42(52)34-47-25-27-48(35-43(53)54)29-31-50(37-45(57)58)32-30-49(28-26-47)36-44(55)56/h21-24H,4-20,25-39H2,1-3H3,(H4-,46,52,53,54,55,56,57,58,59,60). The number of benzene rings is 1. The van der Waals surface area contributed by atoms with Crippen LogP contribution < -0.4 is 10.2 Å². The first kappa shape index (κ1) is 57.1. The van der Waals surface area contributed by atoms with Crippen molar-refractivity contribution in [3.05, 3.63) is 29.8 Å². The Labute approximate surface area is 382 Å². The predicted octanol–water partition coefficient (Wildman–Crippen LogP) is 5.02. The molecule has 0 saturated carbocycles. The maximum atomic E-state index is 13.2. The summed E-state index contributed by atoms with van der Waals surface area (Å²) in [5, 5.41) is 31.3. The summed E-state index contributed by atoms with van der Waals surface area (Å²) in [7, 11) is 1.49. The van der Waals surface area contributed by atoms with Crippen molar-refractivity contribution in [1.29, 1.82) is 0 Å². The predicted molar refractivity (Wildman–Crippen MR) is 245 cm³/mol. The van der Waals surface area contributed by atoms with Gasteiger partial charge < -0.3 is 39.3 Å². The number of carbonyl (C=O) groups excluding carboxylic acids is 1. The molecule has 0 aliphatic carbocycles. The number of amides is 1. The fourth-order valence-electron chi connectivity index (χ4n) is 7.48. The van der Waals surface area contributed by atoms with Gasteiger partial charge in [0.25, 0.3) is 7.82 Å². The number of carboxylic acid groups (broad SMARTS) is 3. The van der Waals surface area contributed by atoms with Crippen molar-refractivity contribution in [2.45, 2.75) is 109 Å². The molecule has 0 radical (unpaired) electrons. The normalized spacial score (nSPS) is 16.4. The lowest BCUT2D eigenvalue weighted by Gasteiger charge is -2.32. The van der Waals surface area contributed by atoms with Gasteiger partial charge >= 0.3 is 17.9 Å². The van der Waals surface area contributed by atoms with Crippen LogP contribution in [0, 0.1) is 0 Å². The molecule has 1 atom stereocenters. The molecule has 368 valence electrons. The highest BCUT2D eigenvalue weighted by Gasteiger charge is 2.21. The van der Waals surface area contributed by atoms with Gasteiger partial charge in [0.05, 0.1) is 53.9 Å². The average Bonchev–Trinajstić information content (AvgIpc) is 3.21. The summed E-state index contributed by atoms with van der Waals surface area (Å²) in [5.74, 6) is -3.21. The van der Waals surface area contributed by atoms with Gasteiger partial charge in [-0.25, -0.2) is 0 Å². The second kappa shape index (κ2) is 33.4. The molecular formula is C45H81N6O12P. The number of rotatable bonds is 34. The third-order valence-electron chi connectivity index (χ3n) is 11.0. The summed E-state index contributed by atoms with van der Waals surface area (Å²) in [6.07, 6.45) is 19.9. The number of hydrogen-bond donors (Lipinski definition) is 4. The van der Waals surface area contributed by atoms with Crippen LogP contribution in [0.4, 0.5) is 5.69 Å². The lowest BCUT2D eigenvalue weighted by Crippen LogP contribution is -2.49. The summed E-state index contributed by atoms with van der Waals surface area (Å²) in [6.45, 7) is 2.30. The van der Waals surface area contributed by atoms with Gasteiger partial charge in [-0.3, -0.25) is 47.9 Å². The molecule has 0 bridgehead atoms. The monoisotopic (exact) mass is 929 g/mol. The molecule has 1 saturated heterocycles. The van der Waals surface area contributed by atoms with Crippen LogP contribution in [-0.2, 0) is 43.9 Å². The van der Waals surface area contributed by atoms with Gasteiger partial charge in [0.15, 0.2) is 13.5 Å². The van der Waals surface area contributed by atoms with E-state index in [1.54, 1.807) is 14.7 Å². The van der Waals surface area contributed by atoms with Crippen LogP contribution in [0.3, 0.4) is 0 Å². The van der Waals surface area contributed by atoms with E-state index < -0.39 is 25.7 Å². The van der Waals surface area contributed by atoms with E-state index in [-0.39, 0.29) is 45.5 Å². The van der Waals surface area contributed by atoms with Crippen LogP contribution in [-0.4, -0.2) is 183 Å². The summed E-state index contributed by atoms with van der Waals surface area (Å²) < 4.78 is 27.2. The maximum Gasteiger partial charge on any atom is 0.317 e.